The minimum absolute atomic E-state index is 0.213. The lowest BCUT2D eigenvalue weighted by Crippen LogP contribution is -2.47. The average Bonchev–Trinajstić information content (AvgIpc) is 2.64. The molecule has 1 rings (SSSR count). The number of hydrogen-bond acceptors (Lipinski definition) is 4. The van der Waals surface area contributed by atoms with E-state index in [0.29, 0.717) is 5.69 Å². The quantitative estimate of drug-likeness (QED) is 0.668. The summed E-state index contributed by atoms with van der Waals surface area (Å²) in [5.74, 6) is -1.20. The molecule has 0 unspecified atom stereocenters. The maximum atomic E-state index is 11.8. The first-order valence-corrected chi connectivity index (χ1v) is 5.10. The third-order valence-corrected chi connectivity index (χ3v) is 2.38. The fourth-order valence-electron chi connectivity index (χ4n) is 1.05. The molecule has 0 aromatic carbocycles. The summed E-state index contributed by atoms with van der Waals surface area (Å²) in [6, 6.07) is 0. The molecule has 94 valence electrons. The molecule has 1 aromatic heterocycles. The summed E-state index contributed by atoms with van der Waals surface area (Å²) in [5.41, 5.74) is -0.228. The number of amides is 1. The van der Waals surface area contributed by atoms with Crippen molar-refractivity contribution in [2.45, 2.75) is 25.9 Å². The van der Waals surface area contributed by atoms with E-state index < -0.39 is 11.5 Å². The van der Waals surface area contributed by atoms with Crippen molar-refractivity contribution in [3.63, 3.8) is 0 Å². The zero-order chi connectivity index (χ0) is 13.1. The molecular formula is C10H16N4O3. The number of hydrogen-bond donors (Lipinski definition) is 3. The Labute approximate surface area is 98.8 Å². The van der Waals surface area contributed by atoms with Gasteiger partial charge in [0, 0.05) is 6.20 Å². The van der Waals surface area contributed by atoms with Gasteiger partial charge in [-0.1, -0.05) is 0 Å². The van der Waals surface area contributed by atoms with Gasteiger partial charge in [-0.3, -0.25) is 14.3 Å². The first-order chi connectivity index (χ1) is 7.85. The number of nitrogens with one attached hydrogen (secondary N) is 2. The van der Waals surface area contributed by atoms with Crippen LogP contribution in [0, 0.1) is 0 Å². The van der Waals surface area contributed by atoms with Crippen LogP contribution in [-0.4, -0.2) is 39.4 Å². The number of carboxylic acids is 1. The minimum Gasteiger partial charge on any atom is -0.480 e. The van der Waals surface area contributed by atoms with Gasteiger partial charge >= 0.3 is 5.97 Å². The van der Waals surface area contributed by atoms with Gasteiger partial charge in [0.2, 0.25) is 5.91 Å². The maximum Gasteiger partial charge on any atom is 0.325 e. The number of likely N-dealkylation sites (N-methyl/N-ethyl adjacent to an activating group) is 1. The third-order valence-electron chi connectivity index (χ3n) is 2.38. The summed E-state index contributed by atoms with van der Waals surface area (Å²) in [6.45, 7) is 3.25. The first-order valence-electron chi connectivity index (χ1n) is 5.10. The predicted octanol–water partition coefficient (Wildman–Crippen LogP) is -0.0958. The molecule has 1 amide bonds. The number of carboxylic acid groups (broad SMARTS) is 1. The maximum absolute atomic E-state index is 11.8. The number of aliphatic carboxylic acids is 1. The van der Waals surface area contributed by atoms with E-state index in [4.69, 9.17) is 5.11 Å². The summed E-state index contributed by atoms with van der Waals surface area (Å²) in [7, 11) is 1.69. The number of rotatable bonds is 5. The van der Waals surface area contributed by atoms with E-state index in [1.54, 1.807) is 20.9 Å². The Bertz CT molecular complexity index is 425. The van der Waals surface area contributed by atoms with Gasteiger partial charge in [0.25, 0.3) is 0 Å². The van der Waals surface area contributed by atoms with E-state index >= 15 is 0 Å². The molecule has 0 bridgehead atoms. The normalized spacial score (nSPS) is 11.2. The molecule has 1 aromatic rings. The Morgan fingerprint density at radius 1 is 1.53 bits per heavy atom. The van der Waals surface area contributed by atoms with E-state index in [1.807, 2.05) is 0 Å². The number of aromatic nitrogens is 2. The highest BCUT2D eigenvalue weighted by molar-refractivity contribution is 5.97. The molecular weight excluding hydrogens is 224 g/mol. The van der Waals surface area contributed by atoms with E-state index in [9.17, 15) is 9.59 Å². The Balaban J connectivity index is 2.67. The van der Waals surface area contributed by atoms with Crippen LogP contribution in [0.1, 0.15) is 13.8 Å². The SMILES string of the molecule is CNC(C)(C)C(=O)Nc1cnn(CC(=O)O)c1. The minimum atomic E-state index is -0.985. The number of nitrogens with zero attached hydrogens (tertiary/aromatic N) is 2. The number of anilines is 1. The summed E-state index contributed by atoms with van der Waals surface area (Å²) < 4.78 is 1.24. The van der Waals surface area contributed by atoms with Crippen LogP contribution < -0.4 is 10.6 Å². The molecule has 1 heterocycles. The van der Waals surface area contributed by atoms with Gasteiger partial charge in [0.1, 0.15) is 6.54 Å². The molecule has 0 aliphatic rings. The highest BCUT2D eigenvalue weighted by Gasteiger charge is 2.25. The first kappa shape index (κ1) is 13.2. The second kappa shape index (κ2) is 4.96. The van der Waals surface area contributed by atoms with Crippen molar-refractivity contribution in [3.8, 4) is 0 Å². The van der Waals surface area contributed by atoms with Crippen LogP contribution in [0.3, 0.4) is 0 Å². The standard InChI is InChI=1S/C10H16N4O3/c1-10(2,11-3)9(17)13-7-4-12-14(5-7)6-8(15)16/h4-5,11H,6H2,1-3H3,(H,13,17)(H,15,16). The van der Waals surface area contributed by atoms with Crippen molar-refractivity contribution in [1.29, 1.82) is 0 Å². The smallest absolute Gasteiger partial charge is 0.325 e. The fourth-order valence-corrected chi connectivity index (χ4v) is 1.05. The topological polar surface area (TPSA) is 96.3 Å². The monoisotopic (exact) mass is 240 g/mol. The lowest BCUT2D eigenvalue weighted by molar-refractivity contribution is -0.137. The van der Waals surface area contributed by atoms with Gasteiger partial charge in [0.05, 0.1) is 17.4 Å². The van der Waals surface area contributed by atoms with Gasteiger partial charge in [0.15, 0.2) is 0 Å². The number of carbonyl (C=O) groups is 2. The fraction of sp³-hybridized carbons (Fsp3) is 0.500. The van der Waals surface area contributed by atoms with Crippen LogP contribution in [0.25, 0.3) is 0 Å². The van der Waals surface area contributed by atoms with E-state index in [1.165, 1.54) is 17.1 Å². The lowest BCUT2D eigenvalue weighted by atomic mass is 10.1. The summed E-state index contributed by atoms with van der Waals surface area (Å²) in [5, 5.41) is 17.9. The molecule has 0 radical (unpaired) electrons. The van der Waals surface area contributed by atoms with Crippen LogP contribution in [0.5, 0.6) is 0 Å². The molecule has 0 saturated heterocycles. The molecule has 0 atom stereocenters. The van der Waals surface area contributed by atoms with Gasteiger partial charge in [-0.2, -0.15) is 5.10 Å². The van der Waals surface area contributed by atoms with E-state index in [0.717, 1.165) is 0 Å². The van der Waals surface area contributed by atoms with Crippen LogP contribution in [0.2, 0.25) is 0 Å². The molecule has 0 saturated carbocycles. The molecule has 7 heteroatoms. The van der Waals surface area contributed by atoms with Gasteiger partial charge in [-0.15, -0.1) is 0 Å². The van der Waals surface area contributed by atoms with Gasteiger partial charge in [-0.25, -0.2) is 0 Å². The highest BCUT2D eigenvalue weighted by atomic mass is 16.4. The average molecular weight is 240 g/mol. The van der Waals surface area contributed by atoms with Crippen LogP contribution in [-0.2, 0) is 16.1 Å². The van der Waals surface area contributed by atoms with Crippen molar-refractivity contribution < 1.29 is 14.7 Å². The highest BCUT2D eigenvalue weighted by Crippen LogP contribution is 2.09. The zero-order valence-electron chi connectivity index (χ0n) is 10.0. The molecule has 0 fully saturated rings. The van der Waals surface area contributed by atoms with Gasteiger partial charge in [-0.05, 0) is 20.9 Å². The molecule has 0 aliphatic carbocycles. The molecule has 7 nitrogen and oxygen atoms in total. The molecule has 0 spiro atoms. The molecule has 17 heavy (non-hydrogen) atoms. The van der Waals surface area contributed by atoms with Crippen LogP contribution >= 0.6 is 0 Å². The second-order valence-corrected chi connectivity index (χ2v) is 4.15. The molecule has 0 aliphatic heterocycles. The Hall–Kier alpha value is -1.89. The van der Waals surface area contributed by atoms with Crippen molar-refractivity contribution in [2.75, 3.05) is 12.4 Å². The second-order valence-electron chi connectivity index (χ2n) is 4.15. The van der Waals surface area contributed by atoms with Crippen LogP contribution in [0.4, 0.5) is 5.69 Å². The predicted molar refractivity (Wildman–Crippen MR) is 61.6 cm³/mol. The summed E-state index contributed by atoms with van der Waals surface area (Å²) in [4.78, 5) is 22.2. The van der Waals surface area contributed by atoms with Crippen molar-refractivity contribution in [1.82, 2.24) is 15.1 Å². The number of carbonyl (C=O) groups excluding carboxylic acids is 1. The van der Waals surface area contributed by atoms with Crippen molar-refractivity contribution >= 4 is 17.6 Å². The van der Waals surface area contributed by atoms with E-state index in [2.05, 4.69) is 15.7 Å². The zero-order valence-corrected chi connectivity index (χ0v) is 10.0. The van der Waals surface area contributed by atoms with Gasteiger partial charge < -0.3 is 15.7 Å². The Morgan fingerprint density at radius 3 is 2.71 bits per heavy atom. The van der Waals surface area contributed by atoms with Crippen molar-refractivity contribution in [3.05, 3.63) is 12.4 Å². The van der Waals surface area contributed by atoms with Crippen molar-refractivity contribution in [2.24, 2.45) is 0 Å². The lowest BCUT2D eigenvalue weighted by Gasteiger charge is -2.22. The largest absolute Gasteiger partial charge is 0.480 e. The van der Waals surface area contributed by atoms with E-state index in [-0.39, 0.29) is 12.5 Å². The Morgan fingerprint density at radius 2 is 2.18 bits per heavy atom. The summed E-state index contributed by atoms with van der Waals surface area (Å²) in [6.07, 6.45) is 2.88. The third kappa shape index (κ3) is 3.56. The summed E-state index contributed by atoms with van der Waals surface area (Å²) >= 11 is 0. The molecule has 3 N–H and O–H groups in total. The Kier molecular flexibility index (Phi) is 3.84. The van der Waals surface area contributed by atoms with Crippen LogP contribution in [0.15, 0.2) is 12.4 Å².